The molecule has 1 N–H and O–H groups in total. The number of benzene rings is 1. The molecule has 150 valence electrons. The van der Waals surface area contributed by atoms with Crippen molar-refractivity contribution in [3.8, 4) is 5.75 Å². The summed E-state index contributed by atoms with van der Waals surface area (Å²) in [5.41, 5.74) is 2.38. The Kier molecular flexibility index (Phi) is 5.34. The predicted molar refractivity (Wildman–Crippen MR) is 109 cm³/mol. The number of fused-ring (bicyclic) bond motifs is 2. The minimum Gasteiger partial charge on any atom is -0.471 e. The van der Waals surface area contributed by atoms with Gasteiger partial charge in [-0.1, -0.05) is 11.6 Å². The fourth-order valence-corrected chi connectivity index (χ4v) is 4.58. The van der Waals surface area contributed by atoms with Crippen LogP contribution < -0.4 is 10.1 Å². The molecule has 28 heavy (non-hydrogen) atoms. The molecule has 0 saturated carbocycles. The largest absolute Gasteiger partial charge is 0.471 e. The summed E-state index contributed by atoms with van der Waals surface area (Å²) in [6.07, 6.45) is 6.30. The molecule has 7 heteroatoms. The van der Waals surface area contributed by atoms with Crippen LogP contribution in [-0.2, 0) is 6.73 Å². The van der Waals surface area contributed by atoms with Crippen molar-refractivity contribution >= 4 is 17.5 Å². The van der Waals surface area contributed by atoms with Crippen molar-refractivity contribution in [2.75, 3.05) is 7.05 Å². The van der Waals surface area contributed by atoms with Gasteiger partial charge in [0.15, 0.2) is 6.73 Å². The van der Waals surface area contributed by atoms with Gasteiger partial charge >= 0.3 is 0 Å². The fourth-order valence-electron chi connectivity index (χ4n) is 4.47. The van der Waals surface area contributed by atoms with E-state index < -0.39 is 0 Å². The molecular formula is C21H27ClN4O2. The van der Waals surface area contributed by atoms with Crippen molar-refractivity contribution in [1.29, 1.82) is 0 Å². The number of carbonyl (C=O) groups is 1. The Hall–Kier alpha value is -2.05. The van der Waals surface area contributed by atoms with Crippen LogP contribution in [0.4, 0.5) is 0 Å². The van der Waals surface area contributed by atoms with Gasteiger partial charge in [-0.3, -0.25) is 4.79 Å². The van der Waals surface area contributed by atoms with Gasteiger partial charge in [0.1, 0.15) is 11.4 Å². The number of aromatic nitrogens is 2. The van der Waals surface area contributed by atoms with Gasteiger partial charge in [0.05, 0.1) is 0 Å². The number of piperidine rings is 1. The zero-order chi connectivity index (χ0) is 19.8. The van der Waals surface area contributed by atoms with E-state index in [9.17, 15) is 4.79 Å². The molecule has 2 saturated heterocycles. The van der Waals surface area contributed by atoms with Gasteiger partial charge in [0.2, 0.25) is 0 Å². The summed E-state index contributed by atoms with van der Waals surface area (Å²) in [5, 5.41) is 8.29. The first-order valence-electron chi connectivity index (χ1n) is 9.86. The third-order valence-corrected chi connectivity index (χ3v) is 6.68. The van der Waals surface area contributed by atoms with Crippen LogP contribution in [0.25, 0.3) is 0 Å². The lowest BCUT2D eigenvalue weighted by Crippen LogP contribution is -2.48. The second kappa shape index (κ2) is 7.76. The highest BCUT2D eigenvalue weighted by atomic mass is 35.5. The number of hydrogen-bond acceptors (Lipinski definition) is 4. The standard InChI is InChI=1S/C21H27ClN4O2/c1-13-8-18(9-14(2)20(13)22)28-12-26-7-6-19(24-26)21(27)23-15-10-16-4-5-17(11-15)25(16)3/h6-9,15-17H,4-5,10-12H2,1-3H3,(H,23,27). The lowest BCUT2D eigenvalue weighted by Gasteiger charge is -2.36. The van der Waals surface area contributed by atoms with Crippen LogP contribution in [0, 0.1) is 13.8 Å². The average Bonchev–Trinajstić information content (AvgIpc) is 3.20. The summed E-state index contributed by atoms with van der Waals surface area (Å²) in [4.78, 5) is 15.1. The summed E-state index contributed by atoms with van der Waals surface area (Å²) in [6, 6.07) is 6.98. The maximum absolute atomic E-state index is 12.6. The highest BCUT2D eigenvalue weighted by molar-refractivity contribution is 6.32. The van der Waals surface area contributed by atoms with Crippen molar-refractivity contribution in [3.05, 3.63) is 46.2 Å². The Labute approximate surface area is 170 Å². The monoisotopic (exact) mass is 402 g/mol. The smallest absolute Gasteiger partial charge is 0.271 e. The van der Waals surface area contributed by atoms with Gasteiger partial charge in [-0.2, -0.15) is 5.10 Å². The zero-order valence-corrected chi connectivity index (χ0v) is 17.4. The maximum atomic E-state index is 12.6. The van der Waals surface area contributed by atoms with Gasteiger partial charge in [0, 0.05) is 29.3 Å². The second-order valence-electron chi connectivity index (χ2n) is 8.08. The van der Waals surface area contributed by atoms with Crippen LogP contribution in [0.5, 0.6) is 5.75 Å². The number of nitrogens with one attached hydrogen (secondary N) is 1. The Balaban J connectivity index is 1.33. The fraction of sp³-hybridized carbons (Fsp3) is 0.524. The molecule has 2 aliphatic rings. The van der Waals surface area contributed by atoms with Crippen molar-refractivity contribution in [2.45, 2.75) is 64.4 Å². The zero-order valence-electron chi connectivity index (χ0n) is 16.6. The molecule has 2 atom stereocenters. The van der Waals surface area contributed by atoms with E-state index in [1.54, 1.807) is 16.9 Å². The Morgan fingerprint density at radius 3 is 2.54 bits per heavy atom. The summed E-state index contributed by atoms with van der Waals surface area (Å²) < 4.78 is 7.44. The lowest BCUT2D eigenvalue weighted by atomic mass is 9.98. The molecule has 0 aliphatic carbocycles. The summed E-state index contributed by atoms with van der Waals surface area (Å²) >= 11 is 6.19. The molecule has 2 unspecified atom stereocenters. The lowest BCUT2D eigenvalue weighted by molar-refractivity contribution is 0.0875. The van der Waals surface area contributed by atoms with E-state index in [-0.39, 0.29) is 18.7 Å². The summed E-state index contributed by atoms with van der Waals surface area (Å²) in [6.45, 7) is 4.15. The average molecular weight is 403 g/mol. The summed E-state index contributed by atoms with van der Waals surface area (Å²) in [5.74, 6) is 0.633. The first-order valence-corrected chi connectivity index (χ1v) is 10.2. The first-order chi connectivity index (χ1) is 13.4. The topological polar surface area (TPSA) is 59.4 Å². The quantitative estimate of drug-likeness (QED) is 0.830. The normalized spacial score (nSPS) is 24.4. The predicted octanol–water partition coefficient (Wildman–Crippen LogP) is 3.54. The second-order valence-corrected chi connectivity index (χ2v) is 8.46. The maximum Gasteiger partial charge on any atom is 0.271 e. The highest BCUT2D eigenvalue weighted by Gasteiger charge is 2.38. The number of nitrogens with zero attached hydrogens (tertiary/aromatic N) is 3. The number of amides is 1. The summed E-state index contributed by atoms with van der Waals surface area (Å²) in [7, 11) is 2.20. The number of ether oxygens (including phenoxy) is 1. The van der Waals surface area contributed by atoms with Gasteiger partial charge in [-0.05, 0) is 75.9 Å². The molecule has 0 spiro atoms. The first kappa shape index (κ1) is 19.3. The van der Waals surface area contributed by atoms with Gasteiger partial charge in [0.25, 0.3) is 5.91 Å². The molecule has 1 aromatic carbocycles. The Morgan fingerprint density at radius 2 is 1.89 bits per heavy atom. The minimum absolute atomic E-state index is 0.106. The van der Waals surface area contributed by atoms with Crippen molar-refractivity contribution in [3.63, 3.8) is 0 Å². The van der Waals surface area contributed by atoms with Gasteiger partial charge in [-0.15, -0.1) is 0 Å². The number of halogens is 1. The molecule has 2 bridgehead atoms. The molecule has 3 heterocycles. The van der Waals surface area contributed by atoms with Crippen LogP contribution in [0.2, 0.25) is 5.02 Å². The van der Waals surface area contributed by atoms with Crippen molar-refractivity contribution in [2.24, 2.45) is 0 Å². The Bertz CT molecular complexity index is 844. The van der Waals surface area contributed by atoms with E-state index in [0.717, 1.165) is 34.7 Å². The number of rotatable bonds is 5. The van der Waals surface area contributed by atoms with Crippen LogP contribution in [0.15, 0.2) is 24.4 Å². The third kappa shape index (κ3) is 3.89. The van der Waals surface area contributed by atoms with Crippen LogP contribution in [0.3, 0.4) is 0 Å². The number of hydrogen-bond donors (Lipinski definition) is 1. The van der Waals surface area contributed by atoms with Crippen LogP contribution in [0.1, 0.15) is 47.3 Å². The third-order valence-electron chi connectivity index (χ3n) is 6.08. The van der Waals surface area contributed by atoms with E-state index in [4.69, 9.17) is 16.3 Å². The van der Waals surface area contributed by atoms with Gasteiger partial charge in [-0.25, -0.2) is 4.68 Å². The molecule has 1 aromatic heterocycles. The van der Waals surface area contributed by atoms with Crippen LogP contribution >= 0.6 is 11.6 Å². The van der Waals surface area contributed by atoms with Crippen molar-refractivity contribution in [1.82, 2.24) is 20.0 Å². The molecule has 2 fully saturated rings. The molecule has 2 aliphatic heterocycles. The Morgan fingerprint density at radius 1 is 1.25 bits per heavy atom. The van der Waals surface area contributed by atoms with E-state index >= 15 is 0 Å². The minimum atomic E-state index is -0.106. The highest BCUT2D eigenvalue weighted by Crippen LogP contribution is 2.34. The van der Waals surface area contributed by atoms with E-state index in [1.807, 2.05) is 26.0 Å². The molecule has 4 rings (SSSR count). The van der Waals surface area contributed by atoms with E-state index in [2.05, 4.69) is 22.4 Å². The molecule has 0 radical (unpaired) electrons. The van der Waals surface area contributed by atoms with E-state index in [1.165, 1.54) is 12.8 Å². The van der Waals surface area contributed by atoms with Gasteiger partial charge < -0.3 is 15.0 Å². The molecule has 1 amide bonds. The van der Waals surface area contributed by atoms with Crippen molar-refractivity contribution < 1.29 is 9.53 Å². The number of aryl methyl sites for hydroxylation is 2. The number of carbonyl (C=O) groups excluding carboxylic acids is 1. The molecular weight excluding hydrogens is 376 g/mol. The molecule has 2 aromatic rings. The van der Waals surface area contributed by atoms with Crippen LogP contribution in [-0.4, -0.2) is 45.8 Å². The van der Waals surface area contributed by atoms with E-state index in [0.29, 0.717) is 17.8 Å². The SMILES string of the molecule is Cc1cc(OCn2ccc(C(=O)NC3CC4CCC(C3)N4C)n2)cc(C)c1Cl. The molecule has 6 nitrogen and oxygen atoms in total.